The number of benzene rings is 1. The van der Waals surface area contributed by atoms with E-state index in [9.17, 15) is 10.2 Å². The summed E-state index contributed by atoms with van der Waals surface area (Å²) in [5.74, 6) is 0. The van der Waals surface area contributed by atoms with E-state index in [1.165, 1.54) is 11.3 Å². The first-order chi connectivity index (χ1) is 15.0. The van der Waals surface area contributed by atoms with Crippen LogP contribution in [0.2, 0.25) is 4.34 Å². The number of aliphatic hydroxyl groups excluding tert-OH is 2. The molecule has 0 amide bonds. The molecular formula is C22H25ClN4O3S. The number of fused-ring (bicyclic) bond motifs is 2. The van der Waals surface area contributed by atoms with Gasteiger partial charge in [0.05, 0.1) is 42.0 Å². The predicted octanol–water partition coefficient (Wildman–Crippen LogP) is 3.31. The number of nitrogens with zero attached hydrogens (tertiary/aromatic N) is 3. The predicted molar refractivity (Wildman–Crippen MR) is 118 cm³/mol. The lowest BCUT2D eigenvalue weighted by atomic mass is 9.79. The van der Waals surface area contributed by atoms with Crippen LogP contribution in [0.15, 0.2) is 36.5 Å². The molecule has 2 aliphatic heterocycles. The van der Waals surface area contributed by atoms with Crippen LogP contribution >= 0.6 is 22.9 Å². The van der Waals surface area contributed by atoms with Gasteiger partial charge >= 0.3 is 0 Å². The van der Waals surface area contributed by atoms with Gasteiger partial charge in [0.2, 0.25) is 0 Å². The minimum atomic E-state index is -0.633. The van der Waals surface area contributed by atoms with Crippen LogP contribution in [0.5, 0.6) is 0 Å². The molecule has 5 rings (SSSR count). The van der Waals surface area contributed by atoms with Gasteiger partial charge in [-0.2, -0.15) is 0 Å². The summed E-state index contributed by atoms with van der Waals surface area (Å²) in [7, 11) is 0. The molecule has 4 heterocycles. The van der Waals surface area contributed by atoms with Crippen LogP contribution in [-0.2, 0) is 23.5 Å². The van der Waals surface area contributed by atoms with Crippen LogP contribution in [0.1, 0.15) is 59.2 Å². The van der Waals surface area contributed by atoms with Crippen LogP contribution in [0.25, 0.3) is 0 Å². The molecule has 1 aromatic carbocycles. The van der Waals surface area contributed by atoms with E-state index in [2.05, 4.69) is 22.6 Å². The Labute approximate surface area is 189 Å². The molecule has 0 radical (unpaired) electrons. The molecule has 2 aromatic heterocycles. The van der Waals surface area contributed by atoms with E-state index in [1.54, 1.807) is 0 Å². The van der Waals surface area contributed by atoms with Gasteiger partial charge in [-0.3, -0.25) is 0 Å². The minimum Gasteiger partial charge on any atom is -0.392 e. The fourth-order valence-electron chi connectivity index (χ4n) is 4.72. The monoisotopic (exact) mass is 460 g/mol. The van der Waals surface area contributed by atoms with Crippen molar-refractivity contribution in [2.45, 2.75) is 56.7 Å². The maximum absolute atomic E-state index is 10.4. The Morgan fingerprint density at radius 1 is 1.29 bits per heavy atom. The smallest absolute Gasteiger partial charge is 0.106 e. The number of hydrogen-bond donors (Lipinski definition) is 3. The maximum atomic E-state index is 10.4. The van der Waals surface area contributed by atoms with Gasteiger partial charge in [0.1, 0.15) is 11.7 Å². The first-order valence-corrected chi connectivity index (χ1v) is 11.6. The van der Waals surface area contributed by atoms with Crippen molar-refractivity contribution in [2.24, 2.45) is 0 Å². The van der Waals surface area contributed by atoms with Gasteiger partial charge in [-0.05, 0) is 30.5 Å². The van der Waals surface area contributed by atoms with Gasteiger partial charge in [0.15, 0.2) is 0 Å². The first kappa shape index (κ1) is 21.1. The van der Waals surface area contributed by atoms with E-state index in [0.717, 1.165) is 33.7 Å². The van der Waals surface area contributed by atoms with Crippen molar-refractivity contribution in [3.05, 3.63) is 68.1 Å². The summed E-state index contributed by atoms with van der Waals surface area (Å²) in [6, 6.07) is 9.88. The van der Waals surface area contributed by atoms with Crippen LogP contribution in [-0.4, -0.2) is 37.9 Å². The summed E-state index contributed by atoms with van der Waals surface area (Å²) < 4.78 is 8.80. The zero-order valence-electron chi connectivity index (χ0n) is 17.2. The number of piperidine rings is 1. The van der Waals surface area contributed by atoms with E-state index in [1.807, 2.05) is 41.2 Å². The molecule has 0 bridgehead atoms. The minimum absolute atomic E-state index is 0.0155. The fraction of sp³-hybridized carbons (Fsp3) is 0.455. The SMILES string of the molecule is C[C@H]1C[C@@]2(C[C@@H](c3cn(Cc4ccc(CO)cc4)nn3)N1)OC[C@@H](O)c1cc(Cl)sc12. The van der Waals surface area contributed by atoms with Crippen molar-refractivity contribution >= 4 is 22.9 Å². The fourth-order valence-corrected chi connectivity index (χ4v) is 6.17. The maximum Gasteiger partial charge on any atom is 0.106 e. The van der Waals surface area contributed by atoms with Gasteiger partial charge < -0.3 is 20.3 Å². The molecule has 9 heteroatoms. The molecule has 31 heavy (non-hydrogen) atoms. The molecule has 3 N–H and O–H groups in total. The Morgan fingerprint density at radius 3 is 2.84 bits per heavy atom. The van der Waals surface area contributed by atoms with Crippen molar-refractivity contribution in [3.63, 3.8) is 0 Å². The lowest BCUT2D eigenvalue weighted by Gasteiger charge is -2.46. The summed E-state index contributed by atoms with van der Waals surface area (Å²) in [5, 5.41) is 32.0. The normalized spacial score (nSPS) is 28.1. The zero-order chi connectivity index (χ0) is 21.6. The van der Waals surface area contributed by atoms with Crippen molar-refractivity contribution < 1.29 is 14.9 Å². The summed E-state index contributed by atoms with van der Waals surface area (Å²) in [6.45, 7) is 3.07. The topological polar surface area (TPSA) is 92.4 Å². The second kappa shape index (κ2) is 8.27. The van der Waals surface area contributed by atoms with Crippen molar-refractivity contribution in [1.29, 1.82) is 0 Å². The first-order valence-electron chi connectivity index (χ1n) is 10.4. The standard InChI is InChI=1S/C22H25ClN4O3S/c1-13-7-22(21-16(6-20(23)31-21)19(29)12-30-22)8-17(24-13)18-10-27(26-25-18)9-14-2-4-15(11-28)5-3-14/h2-6,10,13,17,19,24,28-29H,7-9,11-12H2,1H3/t13-,17-,19+,22-/m0/s1. The second-order valence-corrected chi connectivity index (χ2v) is 10.2. The van der Waals surface area contributed by atoms with E-state index >= 15 is 0 Å². The largest absolute Gasteiger partial charge is 0.392 e. The summed E-state index contributed by atoms with van der Waals surface area (Å²) >= 11 is 7.81. The third-order valence-corrected chi connectivity index (χ3v) is 7.61. The Morgan fingerprint density at radius 2 is 2.06 bits per heavy atom. The van der Waals surface area contributed by atoms with E-state index in [-0.39, 0.29) is 25.3 Å². The molecule has 7 nitrogen and oxygen atoms in total. The average molecular weight is 461 g/mol. The third-order valence-electron chi connectivity index (χ3n) is 6.14. The highest BCUT2D eigenvalue weighted by atomic mass is 35.5. The van der Waals surface area contributed by atoms with E-state index < -0.39 is 11.7 Å². The molecule has 0 aliphatic carbocycles. The summed E-state index contributed by atoms with van der Waals surface area (Å²) in [5.41, 5.74) is 3.27. The number of thiophene rings is 1. The number of rotatable bonds is 4. The highest BCUT2D eigenvalue weighted by Crippen LogP contribution is 2.51. The van der Waals surface area contributed by atoms with Gasteiger partial charge in [-0.25, -0.2) is 4.68 Å². The number of ether oxygens (including phenoxy) is 1. The lowest BCUT2D eigenvalue weighted by molar-refractivity contribution is -0.129. The second-order valence-electron chi connectivity index (χ2n) is 8.50. The summed E-state index contributed by atoms with van der Waals surface area (Å²) in [4.78, 5) is 1.03. The molecule has 4 atom stereocenters. The van der Waals surface area contributed by atoms with Crippen LogP contribution in [0.3, 0.4) is 0 Å². The number of aromatic nitrogens is 3. The number of aliphatic hydroxyl groups is 2. The molecule has 3 aromatic rings. The van der Waals surface area contributed by atoms with Gasteiger partial charge in [0.25, 0.3) is 0 Å². The highest BCUT2D eigenvalue weighted by molar-refractivity contribution is 7.16. The Bertz CT molecular complexity index is 1070. The Hall–Kier alpha value is -1.81. The number of halogens is 1. The molecule has 1 saturated heterocycles. The Kier molecular flexibility index (Phi) is 5.62. The van der Waals surface area contributed by atoms with Gasteiger partial charge in [-0.15, -0.1) is 16.4 Å². The van der Waals surface area contributed by atoms with Crippen molar-refractivity contribution in [2.75, 3.05) is 6.61 Å². The van der Waals surface area contributed by atoms with Gasteiger partial charge in [-0.1, -0.05) is 41.1 Å². The molecule has 2 aliphatic rings. The lowest BCUT2D eigenvalue weighted by Crippen LogP contribution is -2.50. The highest BCUT2D eigenvalue weighted by Gasteiger charge is 2.48. The number of hydrogen-bond acceptors (Lipinski definition) is 7. The molecular weight excluding hydrogens is 436 g/mol. The molecule has 0 unspecified atom stereocenters. The molecule has 164 valence electrons. The van der Waals surface area contributed by atoms with Crippen molar-refractivity contribution in [3.8, 4) is 0 Å². The summed E-state index contributed by atoms with van der Waals surface area (Å²) in [6.07, 6.45) is 2.86. The van der Waals surface area contributed by atoms with Crippen LogP contribution in [0, 0.1) is 0 Å². The van der Waals surface area contributed by atoms with E-state index in [4.69, 9.17) is 16.3 Å². The van der Waals surface area contributed by atoms with Crippen LogP contribution in [0.4, 0.5) is 0 Å². The molecule has 1 spiro atoms. The average Bonchev–Trinajstić information content (AvgIpc) is 3.39. The van der Waals surface area contributed by atoms with Crippen molar-refractivity contribution in [1.82, 2.24) is 20.3 Å². The molecule has 1 fully saturated rings. The number of nitrogens with one attached hydrogen (secondary N) is 1. The quantitative estimate of drug-likeness (QED) is 0.553. The third kappa shape index (κ3) is 4.04. The van der Waals surface area contributed by atoms with E-state index in [0.29, 0.717) is 17.3 Å². The van der Waals surface area contributed by atoms with Crippen LogP contribution < -0.4 is 5.32 Å². The molecule has 0 saturated carbocycles. The van der Waals surface area contributed by atoms with Gasteiger partial charge in [0, 0.05) is 22.9 Å². The Balaban J connectivity index is 1.38. The zero-order valence-corrected chi connectivity index (χ0v) is 18.7.